The van der Waals surface area contributed by atoms with Crippen molar-refractivity contribution < 1.29 is 9.53 Å². The summed E-state index contributed by atoms with van der Waals surface area (Å²) in [5, 5.41) is 0. The van der Waals surface area contributed by atoms with E-state index in [4.69, 9.17) is 4.74 Å². The summed E-state index contributed by atoms with van der Waals surface area (Å²) >= 11 is 0. The Morgan fingerprint density at radius 1 is 1.09 bits per heavy atom. The number of imidazole rings is 1. The van der Waals surface area contributed by atoms with Crippen molar-refractivity contribution in [2.75, 3.05) is 13.1 Å². The molecule has 1 fully saturated rings. The van der Waals surface area contributed by atoms with Crippen molar-refractivity contribution >= 4 is 5.91 Å². The lowest BCUT2D eigenvalue weighted by Gasteiger charge is -2.32. The Morgan fingerprint density at radius 2 is 1.85 bits per heavy atom. The maximum Gasteiger partial charge on any atom is 0.254 e. The summed E-state index contributed by atoms with van der Waals surface area (Å²) in [5.41, 5.74) is 1.77. The van der Waals surface area contributed by atoms with Crippen molar-refractivity contribution in [1.82, 2.24) is 24.3 Å². The molecule has 0 saturated carbocycles. The van der Waals surface area contributed by atoms with Gasteiger partial charge >= 0.3 is 0 Å². The van der Waals surface area contributed by atoms with Gasteiger partial charge in [0.15, 0.2) is 0 Å². The van der Waals surface area contributed by atoms with Crippen LogP contribution in [0.3, 0.4) is 0 Å². The smallest absolute Gasteiger partial charge is 0.254 e. The number of ether oxygens (including phenoxy) is 1. The fourth-order valence-electron chi connectivity index (χ4n) is 4.13. The molecule has 0 unspecified atom stereocenters. The second kappa shape index (κ2) is 10.6. The fourth-order valence-corrected chi connectivity index (χ4v) is 4.13. The normalized spacial score (nSPS) is 15.0. The van der Waals surface area contributed by atoms with Crippen LogP contribution in [0.15, 0.2) is 61.1 Å². The number of carbonyl (C=O) groups excluding carboxylic acids is 1. The maximum absolute atomic E-state index is 13.1. The molecule has 1 saturated heterocycles. The first-order valence-electron chi connectivity index (χ1n) is 11.7. The fraction of sp³-hybridized carbons (Fsp3) is 0.423. The number of rotatable bonds is 8. The molecule has 3 aromatic rings. The van der Waals surface area contributed by atoms with Crippen LogP contribution in [0.4, 0.5) is 0 Å². The minimum atomic E-state index is 0.00220. The van der Waals surface area contributed by atoms with Crippen LogP contribution in [0.1, 0.15) is 48.6 Å². The van der Waals surface area contributed by atoms with E-state index < -0.39 is 0 Å². The topological polar surface area (TPSA) is 63.5 Å². The predicted octanol–water partition coefficient (Wildman–Crippen LogP) is 3.91. The Kier molecular flexibility index (Phi) is 7.40. The Labute approximate surface area is 196 Å². The Balaban J connectivity index is 1.30. The number of aromatic nitrogens is 3. The molecule has 1 aliphatic rings. The molecule has 0 bridgehead atoms. The highest BCUT2D eigenvalue weighted by molar-refractivity contribution is 5.94. The van der Waals surface area contributed by atoms with E-state index in [0.717, 1.165) is 49.7 Å². The SMILES string of the molecule is CC(C)N(Cc1nccn1C)C(=O)c1ccc(OC2CCN(Cc3ccccn3)CC2)cc1. The number of hydrogen-bond donors (Lipinski definition) is 0. The van der Waals surface area contributed by atoms with Gasteiger partial charge in [0, 0.05) is 56.9 Å². The molecule has 2 aromatic heterocycles. The number of amides is 1. The first kappa shape index (κ1) is 23.0. The van der Waals surface area contributed by atoms with Gasteiger partial charge in [0.2, 0.25) is 0 Å². The van der Waals surface area contributed by atoms with Crippen molar-refractivity contribution in [2.24, 2.45) is 7.05 Å². The number of likely N-dealkylation sites (tertiary alicyclic amines) is 1. The minimum absolute atomic E-state index is 0.00220. The zero-order valence-electron chi connectivity index (χ0n) is 19.7. The summed E-state index contributed by atoms with van der Waals surface area (Å²) in [4.78, 5) is 26.2. The molecule has 7 heteroatoms. The highest BCUT2D eigenvalue weighted by Crippen LogP contribution is 2.22. The van der Waals surface area contributed by atoms with Gasteiger partial charge in [-0.1, -0.05) is 6.07 Å². The van der Waals surface area contributed by atoms with E-state index in [1.807, 2.05) is 79.2 Å². The van der Waals surface area contributed by atoms with Crippen LogP contribution in [-0.2, 0) is 20.1 Å². The molecule has 33 heavy (non-hydrogen) atoms. The molecule has 0 spiro atoms. The van der Waals surface area contributed by atoms with Gasteiger partial charge in [-0.2, -0.15) is 0 Å². The first-order valence-corrected chi connectivity index (χ1v) is 11.7. The second-order valence-electron chi connectivity index (χ2n) is 8.92. The largest absolute Gasteiger partial charge is 0.490 e. The van der Waals surface area contributed by atoms with E-state index in [1.165, 1.54) is 0 Å². The van der Waals surface area contributed by atoms with Gasteiger partial charge in [0.25, 0.3) is 5.91 Å². The van der Waals surface area contributed by atoms with Crippen LogP contribution in [0, 0.1) is 0 Å². The van der Waals surface area contributed by atoms with Gasteiger partial charge in [-0.15, -0.1) is 0 Å². The van der Waals surface area contributed by atoms with Crippen LogP contribution < -0.4 is 4.74 Å². The Morgan fingerprint density at radius 3 is 2.45 bits per heavy atom. The number of benzene rings is 1. The maximum atomic E-state index is 13.1. The third-order valence-corrected chi connectivity index (χ3v) is 6.17. The van der Waals surface area contributed by atoms with Crippen LogP contribution in [0.5, 0.6) is 5.75 Å². The van der Waals surface area contributed by atoms with Crippen LogP contribution >= 0.6 is 0 Å². The standard InChI is InChI=1S/C26H33N5O2/c1-20(2)31(19-25-28-14-17-29(25)3)26(32)21-7-9-23(10-8-21)33-24-11-15-30(16-12-24)18-22-6-4-5-13-27-22/h4-10,13-14,17,20,24H,11-12,15-16,18-19H2,1-3H3. The average Bonchev–Trinajstić information content (AvgIpc) is 3.23. The summed E-state index contributed by atoms with van der Waals surface area (Å²) in [6.07, 6.45) is 7.66. The highest BCUT2D eigenvalue weighted by Gasteiger charge is 2.23. The van der Waals surface area contributed by atoms with Crippen LogP contribution in [0.25, 0.3) is 0 Å². The molecule has 0 aliphatic carbocycles. The van der Waals surface area contributed by atoms with Gasteiger partial charge in [-0.05, 0) is 63.1 Å². The Hall–Kier alpha value is -3.19. The summed E-state index contributed by atoms with van der Waals surface area (Å²) < 4.78 is 8.16. The molecular formula is C26H33N5O2. The molecule has 0 radical (unpaired) electrons. The minimum Gasteiger partial charge on any atom is -0.490 e. The lowest BCUT2D eigenvalue weighted by Crippen LogP contribution is -2.38. The van der Waals surface area contributed by atoms with Crippen molar-refractivity contribution in [3.63, 3.8) is 0 Å². The number of hydrogen-bond acceptors (Lipinski definition) is 5. The van der Waals surface area contributed by atoms with Gasteiger partial charge < -0.3 is 14.2 Å². The number of pyridine rings is 1. The molecule has 4 rings (SSSR count). The molecule has 1 amide bonds. The van der Waals surface area contributed by atoms with Crippen molar-refractivity contribution in [3.8, 4) is 5.75 Å². The van der Waals surface area contributed by atoms with Gasteiger partial charge in [0.05, 0.1) is 12.2 Å². The zero-order chi connectivity index (χ0) is 23.2. The molecule has 174 valence electrons. The number of aryl methyl sites for hydroxylation is 1. The lowest BCUT2D eigenvalue weighted by molar-refractivity contribution is 0.0683. The van der Waals surface area contributed by atoms with E-state index in [0.29, 0.717) is 12.1 Å². The molecule has 0 N–H and O–H groups in total. The van der Waals surface area contributed by atoms with Gasteiger partial charge in [-0.25, -0.2) is 4.98 Å². The van der Waals surface area contributed by atoms with Crippen molar-refractivity contribution in [2.45, 2.75) is 51.9 Å². The van der Waals surface area contributed by atoms with Crippen molar-refractivity contribution in [1.29, 1.82) is 0 Å². The number of nitrogens with zero attached hydrogens (tertiary/aromatic N) is 5. The first-order chi connectivity index (χ1) is 16.0. The summed E-state index contributed by atoms with van der Waals surface area (Å²) in [6, 6.07) is 13.7. The van der Waals surface area contributed by atoms with Crippen LogP contribution in [-0.4, -0.2) is 55.5 Å². The third kappa shape index (κ3) is 5.99. The quantitative estimate of drug-likeness (QED) is 0.524. The van der Waals surface area contributed by atoms with E-state index in [-0.39, 0.29) is 18.1 Å². The van der Waals surface area contributed by atoms with Gasteiger partial charge in [-0.3, -0.25) is 14.7 Å². The third-order valence-electron chi connectivity index (χ3n) is 6.17. The highest BCUT2D eigenvalue weighted by atomic mass is 16.5. The monoisotopic (exact) mass is 447 g/mol. The number of piperidine rings is 1. The molecule has 1 aliphatic heterocycles. The van der Waals surface area contributed by atoms with E-state index in [9.17, 15) is 4.79 Å². The molecule has 3 heterocycles. The second-order valence-corrected chi connectivity index (χ2v) is 8.92. The predicted molar refractivity (Wildman–Crippen MR) is 128 cm³/mol. The number of carbonyl (C=O) groups is 1. The summed E-state index contributed by atoms with van der Waals surface area (Å²) in [6.45, 7) is 7.41. The Bertz CT molecular complexity index is 1020. The van der Waals surface area contributed by atoms with E-state index >= 15 is 0 Å². The van der Waals surface area contributed by atoms with E-state index in [2.05, 4.69) is 20.9 Å². The molecule has 0 atom stereocenters. The van der Waals surface area contributed by atoms with Crippen LogP contribution in [0.2, 0.25) is 0 Å². The van der Waals surface area contributed by atoms with Crippen molar-refractivity contribution in [3.05, 3.63) is 78.1 Å². The van der Waals surface area contributed by atoms with Gasteiger partial charge in [0.1, 0.15) is 17.7 Å². The summed E-state index contributed by atoms with van der Waals surface area (Å²) in [5.74, 6) is 1.68. The average molecular weight is 448 g/mol. The van der Waals surface area contributed by atoms with E-state index in [1.54, 1.807) is 6.20 Å². The lowest BCUT2D eigenvalue weighted by atomic mass is 10.1. The zero-order valence-corrected chi connectivity index (χ0v) is 19.7. The summed E-state index contributed by atoms with van der Waals surface area (Å²) in [7, 11) is 1.94. The molecule has 1 aromatic carbocycles. The molecule has 7 nitrogen and oxygen atoms in total. The molecular weight excluding hydrogens is 414 g/mol.